The standard InChI is InChI=1S/C18H28N6O3/c1-13(2)18(4,12-19)21-17(26)11-24-7-5-23(6-8-24)10-16(25)20-15-9-14(3)27-22-15/h9,13H,5-8,10-11H2,1-4H3,(H,21,26)(H,20,22,25). The molecule has 1 fully saturated rings. The van der Waals surface area contributed by atoms with E-state index in [1.165, 1.54) is 0 Å². The van der Waals surface area contributed by atoms with Crippen LogP contribution in [0.15, 0.2) is 10.6 Å². The molecule has 1 aromatic rings. The smallest absolute Gasteiger partial charge is 0.239 e. The topological polar surface area (TPSA) is 114 Å². The molecule has 1 aromatic heterocycles. The van der Waals surface area contributed by atoms with E-state index in [-0.39, 0.29) is 30.8 Å². The van der Waals surface area contributed by atoms with Crippen molar-refractivity contribution in [2.24, 2.45) is 5.92 Å². The fourth-order valence-corrected chi connectivity index (χ4v) is 2.75. The van der Waals surface area contributed by atoms with E-state index in [0.29, 0.717) is 37.8 Å². The van der Waals surface area contributed by atoms with Gasteiger partial charge < -0.3 is 15.2 Å². The van der Waals surface area contributed by atoms with Crippen LogP contribution >= 0.6 is 0 Å². The van der Waals surface area contributed by atoms with Crippen LogP contribution in [0.25, 0.3) is 0 Å². The van der Waals surface area contributed by atoms with Crippen molar-refractivity contribution >= 4 is 17.6 Å². The molecule has 0 bridgehead atoms. The molecule has 2 amide bonds. The Hall–Kier alpha value is -2.44. The van der Waals surface area contributed by atoms with Crippen LogP contribution in [0.2, 0.25) is 0 Å². The summed E-state index contributed by atoms with van der Waals surface area (Å²) in [5, 5.41) is 18.6. The first kappa shape index (κ1) is 20.9. The zero-order valence-electron chi connectivity index (χ0n) is 16.4. The molecule has 2 heterocycles. The van der Waals surface area contributed by atoms with Crippen LogP contribution in [-0.2, 0) is 9.59 Å². The van der Waals surface area contributed by atoms with Gasteiger partial charge in [0.15, 0.2) is 5.82 Å². The lowest BCUT2D eigenvalue weighted by atomic mass is 9.90. The van der Waals surface area contributed by atoms with Gasteiger partial charge in [-0.2, -0.15) is 5.26 Å². The first-order valence-electron chi connectivity index (χ1n) is 9.12. The van der Waals surface area contributed by atoms with Gasteiger partial charge in [-0.3, -0.25) is 19.4 Å². The van der Waals surface area contributed by atoms with Crippen LogP contribution < -0.4 is 10.6 Å². The normalized spacial score (nSPS) is 17.9. The van der Waals surface area contributed by atoms with E-state index in [9.17, 15) is 14.9 Å². The summed E-state index contributed by atoms with van der Waals surface area (Å²) < 4.78 is 4.92. The maximum Gasteiger partial charge on any atom is 0.239 e. The van der Waals surface area contributed by atoms with Crippen molar-refractivity contribution in [3.05, 3.63) is 11.8 Å². The van der Waals surface area contributed by atoms with E-state index >= 15 is 0 Å². The van der Waals surface area contributed by atoms with Gasteiger partial charge in [0.1, 0.15) is 11.3 Å². The molecule has 2 rings (SSSR count). The maximum absolute atomic E-state index is 12.3. The van der Waals surface area contributed by atoms with Gasteiger partial charge in [-0.1, -0.05) is 19.0 Å². The minimum Gasteiger partial charge on any atom is -0.360 e. The molecule has 0 spiro atoms. The summed E-state index contributed by atoms with van der Waals surface area (Å²) in [5.41, 5.74) is -0.865. The van der Waals surface area contributed by atoms with Crippen molar-refractivity contribution in [1.29, 1.82) is 5.26 Å². The summed E-state index contributed by atoms with van der Waals surface area (Å²) in [7, 11) is 0. The average molecular weight is 376 g/mol. The largest absolute Gasteiger partial charge is 0.360 e. The third-order valence-electron chi connectivity index (χ3n) is 4.88. The fourth-order valence-electron chi connectivity index (χ4n) is 2.75. The van der Waals surface area contributed by atoms with Crippen LogP contribution in [0, 0.1) is 24.2 Å². The van der Waals surface area contributed by atoms with Crippen LogP contribution in [0.3, 0.4) is 0 Å². The zero-order chi connectivity index (χ0) is 20.0. The van der Waals surface area contributed by atoms with E-state index in [4.69, 9.17) is 4.52 Å². The lowest BCUT2D eigenvalue weighted by Gasteiger charge is -2.35. The number of piperazine rings is 1. The molecule has 1 aliphatic heterocycles. The molecule has 0 aliphatic carbocycles. The number of carbonyl (C=O) groups excluding carboxylic acids is 2. The van der Waals surface area contributed by atoms with Gasteiger partial charge in [0, 0.05) is 32.2 Å². The number of aromatic nitrogens is 1. The summed E-state index contributed by atoms with van der Waals surface area (Å²) >= 11 is 0. The lowest BCUT2D eigenvalue weighted by molar-refractivity contribution is -0.125. The number of nitrogens with zero attached hydrogens (tertiary/aromatic N) is 4. The van der Waals surface area contributed by atoms with Gasteiger partial charge in [0.05, 0.1) is 19.2 Å². The first-order valence-corrected chi connectivity index (χ1v) is 9.12. The highest BCUT2D eigenvalue weighted by Crippen LogP contribution is 2.15. The van der Waals surface area contributed by atoms with Gasteiger partial charge >= 0.3 is 0 Å². The predicted octanol–water partition coefficient (Wildman–Crippen LogP) is 0.594. The molecule has 27 heavy (non-hydrogen) atoms. The number of carbonyl (C=O) groups is 2. The highest BCUT2D eigenvalue weighted by molar-refractivity contribution is 5.91. The Morgan fingerprint density at radius 2 is 1.81 bits per heavy atom. The van der Waals surface area contributed by atoms with Gasteiger partial charge in [-0.05, 0) is 19.8 Å². The fraction of sp³-hybridized carbons (Fsp3) is 0.667. The molecule has 1 atom stereocenters. The van der Waals surface area contributed by atoms with Crippen LogP contribution in [-0.4, -0.2) is 71.6 Å². The quantitative estimate of drug-likeness (QED) is 0.716. The molecule has 1 saturated heterocycles. The Balaban J connectivity index is 1.72. The predicted molar refractivity (Wildman–Crippen MR) is 99.7 cm³/mol. The first-order chi connectivity index (χ1) is 12.7. The summed E-state index contributed by atoms with van der Waals surface area (Å²) in [6.45, 7) is 10.6. The van der Waals surface area contributed by atoms with E-state index in [1.54, 1.807) is 19.9 Å². The highest BCUT2D eigenvalue weighted by atomic mass is 16.5. The van der Waals surface area contributed by atoms with Crippen molar-refractivity contribution in [3.8, 4) is 6.07 Å². The number of amides is 2. The zero-order valence-corrected chi connectivity index (χ0v) is 16.4. The van der Waals surface area contributed by atoms with E-state index < -0.39 is 5.54 Å². The minimum absolute atomic E-state index is 0.0234. The van der Waals surface area contributed by atoms with Crippen molar-refractivity contribution < 1.29 is 14.1 Å². The van der Waals surface area contributed by atoms with Crippen molar-refractivity contribution in [1.82, 2.24) is 20.3 Å². The SMILES string of the molecule is Cc1cc(NC(=O)CN2CCN(CC(=O)NC(C)(C#N)C(C)C)CC2)no1. The van der Waals surface area contributed by atoms with E-state index in [0.717, 1.165) is 0 Å². The molecule has 0 aromatic carbocycles. The molecule has 9 nitrogen and oxygen atoms in total. The number of nitrogens with one attached hydrogen (secondary N) is 2. The molecule has 9 heteroatoms. The molecular formula is C18H28N6O3. The summed E-state index contributed by atoms with van der Waals surface area (Å²) in [6.07, 6.45) is 0. The van der Waals surface area contributed by atoms with Crippen molar-refractivity contribution in [2.75, 3.05) is 44.6 Å². The van der Waals surface area contributed by atoms with Gasteiger partial charge in [-0.25, -0.2) is 0 Å². The molecule has 1 unspecified atom stereocenters. The third kappa shape index (κ3) is 6.05. The molecule has 148 valence electrons. The second-order valence-corrected chi connectivity index (χ2v) is 7.44. The van der Waals surface area contributed by atoms with Crippen molar-refractivity contribution in [3.63, 3.8) is 0 Å². The number of hydrogen-bond acceptors (Lipinski definition) is 7. The Morgan fingerprint density at radius 3 is 2.26 bits per heavy atom. The van der Waals surface area contributed by atoms with E-state index in [2.05, 4.69) is 21.9 Å². The van der Waals surface area contributed by atoms with Gasteiger partial charge in [-0.15, -0.1) is 0 Å². The third-order valence-corrected chi connectivity index (χ3v) is 4.88. The van der Waals surface area contributed by atoms with Crippen molar-refractivity contribution in [2.45, 2.75) is 33.2 Å². The molecule has 2 N–H and O–H groups in total. The summed E-state index contributed by atoms with van der Waals surface area (Å²) in [5.74, 6) is 0.785. The number of nitriles is 1. The number of aryl methyl sites for hydroxylation is 1. The highest BCUT2D eigenvalue weighted by Gasteiger charge is 2.31. The van der Waals surface area contributed by atoms with Gasteiger partial charge in [0.2, 0.25) is 11.8 Å². The minimum atomic E-state index is -0.865. The molecule has 1 aliphatic rings. The lowest BCUT2D eigenvalue weighted by Crippen LogP contribution is -2.55. The van der Waals surface area contributed by atoms with Crippen LogP contribution in [0.5, 0.6) is 0 Å². The number of rotatable bonds is 7. The second kappa shape index (κ2) is 8.97. The molecular weight excluding hydrogens is 348 g/mol. The molecule has 0 radical (unpaired) electrons. The molecule has 0 saturated carbocycles. The monoisotopic (exact) mass is 376 g/mol. The number of hydrogen-bond donors (Lipinski definition) is 2. The van der Waals surface area contributed by atoms with Crippen LogP contribution in [0.1, 0.15) is 26.5 Å². The Bertz CT molecular complexity index is 702. The van der Waals surface area contributed by atoms with E-state index in [1.807, 2.05) is 23.6 Å². The van der Waals surface area contributed by atoms with Gasteiger partial charge in [0.25, 0.3) is 0 Å². The maximum atomic E-state index is 12.3. The Morgan fingerprint density at radius 1 is 1.26 bits per heavy atom. The summed E-state index contributed by atoms with van der Waals surface area (Å²) in [6, 6.07) is 3.85. The summed E-state index contributed by atoms with van der Waals surface area (Å²) in [4.78, 5) is 28.4. The average Bonchev–Trinajstić information content (AvgIpc) is 3.00. The second-order valence-electron chi connectivity index (χ2n) is 7.44. The number of anilines is 1. The Labute approximate surface area is 159 Å². The Kier molecular flexibility index (Phi) is 6.93. The van der Waals surface area contributed by atoms with Crippen LogP contribution in [0.4, 0.5) is 5.82 Å².